The van der Waals surface area contributed by atoms with Crippen molar-refractivity contribution in [3.8, 4) is 16.9 Å². The van der Waals surface area contributed by atoms with E-state index in [0.717, 1.165) is 6.07 Å². The maximum absolute atomic E-state index is 13.2. The van der Waals surface area contributed by atoms with Gasteiger partial charge in [0.1, 0.15) is 12.4 Å². The predicted molar refractivity (Wildman–Crippen MR) is 71.4 cm³/mol. The molecular formula is C15H14F3NO. The summed E-state index contributed by atoms with van der Waals surface area (Å²) in [5, 5.41) is 0. The second-order valence-electron chi connectivity index (χ2n) is 4.21. The van der Waals surface area contributed by atoms with Crippen LogP contribution in [0.3, 0.4) is 0 Å². The minimum atomic E-state index is -4.44. The molecule has 0 spiro atoms. The average Bonchev–Trinajstić information content (AvgIpc) is 2.45. The number of ether oxygens (including phenoxy) is 1. The van der Waals surface area contributed by atoms with Crippen LogP contribution < -0.4 is 10.5 Å². The summed E-state index contributed by atoms with van der Waals surface area (Å²) in [6.07, 6.45) is -4.44. The number of halogens is 3. The monoisotopic (exact) mass is 281 g/mol. The highest BCUT2D eigenvalue weighted by Crippen LogP contribution is 2.39. The van der Waals surface area contributed by atoms with Gasteiger partial charge in [0, 0.05) is 6.54 Å². The first-order valence-electron chi connectivity index (χ1n) is 6.12. The Morgan fingerprint density at radius 2 is 1.70 bits per heavy atom. The normalized spacial score (nSPS) is 11.4. The third-order valence-electron chi connectivity index (χ3n) is 2.77. The van der Waals surface area contributed by atoms with Gasteiger partial charge in [-0.1, -0.05) is 36.4 Å². The Labute approximate surface area is 115 Å². The Bertz CT molecular complexity index is 567. The van der Waals surface area contributed by atoms with E-state index < -0.39 is 11.7 Å². The van der Waals surface area contributed by atoms with Crippen LogP contribution in [0.1, 0.15) is 5.56 Å². The second kappa shape index (κ2) is 5.96. The fourth-order valence-electron chi connectivity index (χ4n) is 1.89. The smallest absolute Gasteiger partial charge is 0.417 e. The largest absolute Gasteiger partial charge is 0.492 e. The minimum Gasteiger partial charge on any atom is -0.492 e. The molecule has 2 N–H and O–H groups in total. The Hall–Kier alpha value is -2.01. The predicted octanol–water partition coefficient (Wildman–Crippen LogP) is 3.71. The van der Waals surface area contributed by atoms with Gasteiger partial charge in [-0.3, -0.25) is 0 Å². The summed E-state index contributed by atoms with van der Waals surface area (Å²) in [6.45, 7) is 0.434. The minimum absolute atomic E-state index is 0.137. The van der Waals surface area contributed by atoms with Crippen LogP contribution in [-0.4, -0.2) is 13.2 Å². The van der Waals surface area contributed by atoms with E-state index in [1.807, 2.05) is 0 Å². The summed E-state index contributed by atoms with van der Waals surface area (Å²) in [7, 11) is 0. The number of rotatable bonds is 4. The van der Waals surface area contributed by atoms with Gasteiger partial charge >= 0.3 is 6.18 Å². The lowest BCUT2D eigenvalue weighted by Crippen LogP contribution is -2.12. The molecule has 106 valence electrons. The van der Waals surface area contributed by atoms with Crippen molar-refractivity contribution >= 4 is 0 Å². The van der Waals surface area contributed by atoms with Crippen LogP contribution in [-0.2, 0) is 6.18 Å². The molecular weight excluding hydrogens is 267 g/mol. The SMILES string of the molecule is NCCOc1ccc(-c2ccccc2)c(C(F)(F)F)c1. The molecule has 0 radical (unpaired) electrons. The van der Waals surface area contributed by atoms with E-state index in [4.69, 9.17) is 10.5 Å². The number of nitrogens with two attached hydrogens (primary N) is 1. The van der Waals surface area contributed by atoms with Crippen molar-refractivity contribution in [2.24, 2.45) is 5.73 Å². The van der Waals surface area contributed by atoms with Gasteiger partial charge in [-0.2, -0.15) is 13.2 Å². The van der Waals surface area contributed by atoms with Crippen LogP contribution in [0.2, 0.25) is 0 Å². The zero-order valence-corrected chi connectivity index (χ0v) is 10.7. The van der Waals surface area contributed by atoms with E-state index in [9.17, 15) is 13.2 Å². The average molecular weight is 281 g/mol. The molecule has 0 unspecified atom stereocenters. The number of benzene rings is 2. The molecule has 2 nitrogen and oxygen atoms in total. The first-order chi connectivity index (χ1) is 9.52. The highest BCUT2D eigenvalue weighted by molar-refractivity contribution is 5.69. The molecule has 0 aliphatic carbocycles. The standard InChI is InChI=1S/C15H14F3NO/c16-15(17,18)14-10-12(20-9-8-19)6-7-13(14)11-4-2-1-3-5-11/h1-7,10H,8-9,19H2. The van der Waals surface area contributed by atoms with Gasteiger partial charge in [-0.25, -0.2) is 0 Å². The van der Waals surface area contributed by atoms with Crippen molar-refractivity contribution < 1.29 is 17.9 Å². The zero-order valence-electron chi connectivity index (χ0n) is 10.7. The third kappa shape index (κ3) is 3.30. The molecule has 5 heteroatoms. The van der Waals surface area contributed by atoms with Crippen molar-refractivity contribution in [2.75, 3.05) is 13.2 Å². The highest BCUT2D eigenvalue weighted by atomic mass is 19.4. The Balaban J connectivity index is 2.47. The molecule has 2 aromatic carbocycles. The van der Waals surface area contributed by atoms with E-state index in [1.54, 1.807) is 30.3 Å². The van der Waals surface area contributed by atoms with Crippen molar-refractivity contribution in [1.82, 2.24) is 0 Å². The lowest BCUT2D eigenvalue weighted by atomic mass is 9.99. The van der Waals surface area contributed by atoms with Crippen molar-refractivity contribution in [2.45, 2.75) is 6.18 Å². The summed E-state index contributed by atoms with van der Waals surface area (Å²) in [5.74, 6) is 0.169. The molecule has 2 rings (SSSR count). The molecule has 2 aromatic rings. The van der Waals surface area contributed by atoms with E-state index in [-0.39, 0.29) is 24.5 Å². The van der Waals surface area contributed by atoms with Crippen LogP contribution in [0, 0.1) is 0 Å². The number of alkyl halides is 3. The molecule has 0 atom stereocenters. The molecule has 0 bridgehead atoms. The zero-order chi connectivity index (χ0) is 14.6. The van der Waals surface area contributed by atoms with Gasteiger partial charge in [0.2, 0.25) is 0 Å². The van der Waals surface area contributed by atoms with E-state index >= 15 is 0 Å². The first-order valence-corrected chi connectivity index (χ1v) is 6.12. The third-order valence-corrected chi connectivity index (χ3v) is 2.77. The molecule has 0 aliphatic rings. The Morgan fingerprint density at radius 3 is 2.30 bits per heavy atom. The van der Waals surface area contributed by atoms with E-state index in [1.165, 1.54) is 12.1 Å². The van der Waals surface area contributed by atoms with Gasteiger partial charge in [-0.05, 0) is 23.3 Å². The molecule has 20 heavy (non-hydrogen) atoms. The number of hydrogen-bond acceptors (Lipinski definition) is 2. The van der Waals surface area contributed by atoms with Gasteiger partial charge in [0.15, 0.2) is 0 Å². The van der Waals surface area contributed by atoms with Gasteiger partial charge in [0.05, 0.1) is 5.56 Å². The van der Waals surface area contributed by atoms with Gasteiger partial charge in [0.25, 0.3) is 0 Å². The fraction of sp³-hybridized carbons (Fsp3) is 0.200. The molecule has 0 aromatic heterocycles. The molecule has 0 heterocycles. The number of hydrogen-bond donors (Lipinski definition) is 1. The quantitative estimate of drug-likeness (QED) is 0.927. The first kappa shape index (κ1) is 14.4. The Morgan fingerprint density at radius 1 is 1.00 bits per heavy atom. The summed E-state index contributed by atoms with van der Waals surface area (Å²) in [6, 6.07) is 12.4. The summed E-state index contributed by atoms with van der Waals surface area (Å²) in [4.78, 5) is 0. The maximum atomic E-state index is 13.2. The molecule has 0 aliphatic heterocycles. The maximum Gasteiger partial charge on any atom is 0.417 e. The fourth-order valence-corrected chi connectivity index (χ4v) is 1.89. The molecule has 0 saturated heterocycles. The second-order valence-corrected chi connectivity index (χ2v) is 4.21. The summed E-state index contributed by atoms with van der Waals surface area (Å²) >= 11 is 0. The van der Waals surface area contributed by atoms with Crippen LogP contribution in [0.5, 0.6) is 5.75 Å². The van der Waals surface area contributed by atoms with Crippen LogP contribution in [0.15, 0.2) is 48.5 Å². The van der Waals surface area contributed by atoms with Crippen LogP contribution in [0.25, 0.3) is 11.1 Å². The molecule has 0 amide bonds. The van der Waals surface area contributed by atoms with Gasteiger partial charge < -0.3 is 10.5 Å². The van der Waals surface area contributed by atoms with Crippen LogP contribution >= 0.6 is 0 Å². The Kier molecular flexibility index (Phi) is 4.29. The topological polar surface area (TPSA) is 35.2 Å². The molecule has 0 saturated carbocycles. The lowest BCUT2D eigenvalue weighted by molar-refractivity contribution is -0.137. The summed E-state index contributed by atoms with van der Waals surface area (Å²) in [5.41, 5.74) is 5.22. The van der Waals surface area contributed by atoms with Crippen molar-refractivity contribution in [3.05, 3.63) is 54.1 Å². The van der Waals surface area contributed by atoms with Gasteiger partial charge in [-0.15, -0.1) is 0 Å². The van der Waals surface area contributed by atoms with Crippen molar-refractivity contribution in [3.63, 3.8) is 0 Å². The summed E-state index contributed by atoms with van der Waals surface area (Å²) < 4.78 is 44.6. The lowest BCUT2D eigenvalue weighted by Gasteiger charge is -2.15. The van der Waals surface area contributed by atoms with Crippen molar-refractivity contribution in [1.29, 1.82) is 0 Å². The molecule has 0 fully saturated rings. The van der Waals surface area contributed by atoms with Crippen LogP contribution in [0.4, 0.5) is 13.2 Å². The highest BCUT2D eigenvalue weighted by Gasteiger charge is 2.34. The van der Waals surface area contributed by atoms with E-state index in [0.29, 0.717) is 5.56 Å². The van der Waals surface area contributed by atoms with E-state index in [2.05, 4.69) is 0 Å².